The Labute approximate surface area is 182 Å². The fraction of sp³-hybridized carbons (Fsp3) is 0.231. The molecule has 1 aromatic heterocycles. The van der Waals surface area contributed by atoms with Crippen LogP contribution in [0.25, 0.3) is 22.6 Å². The maximum Gasteiger partial charge on any atom is 0.262 e. The lowest BCUT2D eigenvalue weighted by Crippen LogP contribution is -2.20. The van der Waals surface area contributed by atoms with E-state index in [2.05, 4.69) is 36.3 Å². The lowest BCUT2D eigenvalue weighted by Gasteiger charge is -2.09. The van der Waals surface area contributed by atoms with Crippen LogP contribution in [0, 0.1) is 6.92 Å². The molecular formula is C26H26N2O3. The highest BCUT2D eigenvalue weighted by Crippen LogP contribution is 2.29. The predicted molar refractivity (Wildman–Crippen MR) is 123 cm³/mol. The second kappa shape index (κ2) is 9.04. The SMILES string of the molecule is CC[C@@H](C)c1ccc2oc(-c3cccc(NC(=O)COc4ccccc4C)c3)nc2c1. The molecule has 5 nitrogen and oxygen atoms in total. The largest absolute Gasteiger partial charge is 0.483 e. The van der Waals surface area contributed by atoms with E-state index in [0.29, 0.717) is 23.2 Å². The van der Waals surface area contributed by atoms with Crippen LogP contribution in [0.5, 0.6) is 5.75 Å². The Hall–Kier alpha value is -3.60. The monoisotopic (exact) mass is 414 g/mol. The molecule has 1 heterocycles. The van der Waals surface area contributed by atoms with Crippen molar-refractivity contribution in [1.29, 1.82) is 0 Å². The van der Waals surface area contributed by atoms with Gasteiger partial charge < -0.3 is 14.5 Å². The Balaban J connectivity index is 1.47. The zero-order valence-electron chi connectivity index (χ0n) is 18.0. The molecule has 0 aliphatic heterocycles. The van der Waals surface area contributed by atoms with E-state index >= 15 is 0 Å². The summed E-state index contributed by atoms with van der Waals surface area (Å²) in [5, 5.41) is 2.87. The zero-order valence-corrected chi connectivity index (χ0v) is 18.0. The number of anilines is 1. The van der Waals surface area contributed by atoms with Crippen LogP contribution < -0.4 is 10.1 Å². The molecule has 5 heteroatoms. The molecule has 0 aliphatic rings. The van der Waals surface area contributed by atoms with Crippen molar-refractivity contribution >= 4 is 22.7 Å². The molecule has 1 atom stereocenters. The lowest BCUT2D eigenvalue weighted by atomic mass is 9.98. The van der Waals surface area contributed by atoms with E-state index in [4.69, 9.17) is 9.15 Å². The van der Waals surface area contributed by atoms with Crippen molar-refractivity contribution < 1.29 is 13.9 Å². The number of nitrogens with zero attached hydrogens (tertiary/aromatic N) is 1. The summed E-state index contributed by atoms with van der Waals surface area (Å²) in [6.45, 7) is 6.27. The standard InChI is InChI=1S/C26H26N2O3/c1-4-17(2)19-12-13-24-22(15-19)28-26(31-24)20-9-7-10-21(14-20)27-25(29)16-30-23-11-6-5-8-18(23)3/h5-15,17H,4,16H2,1-3H3,(H,27,29)/t17-/m1/s1. The highest BCUT2D eigenvalue weighted by molar-refractivity contribution is 5.92. The van der Waals surface area contributed by atoms with Gasteiger partial charge in [0.05, 0.1) is 0 Å². The number of carbonyl (C=O) groups excluding carboxylic acids is 1. The molecule has 1 amide bonds. The van der Waals surface area contributed by atoms with Gasteiger partial charge in [0.25, 0.3) is 5.91 Å². The first-order valence-corrected chi connectivity index (χ1v) is 10.5. The smallest absolute Gasteiger partial charge is 0.262 e. The molecule has 0 spiro atoms. The number of aromatic nitrogens is 1. The minimum absolute atomic E-state index is 0.0592. The average Bonchev–Trinajstić information content (AvgIpc) is 3.22. The number of nitrogens with one attached hydrogen (secondary N) is 1. The number of rotatable bonds is 7. The molecule has 0 fully saturated rings. The number of oxazole rings is 1. The summed E-state index contributed by atoms with van der Waals surface area (Å²) in [6, 6.07) is 21.2. The Bertz CT molecular complexity index is 1210. The van der Waals surface area contributed by atoms with E-state index in [1.807, 2.05) is 61.5 Å². The number of hydrogen-bond donors (Lipinski definition) is 1. The van der Waals surface area contributed by atoms with Gasteiger partial charge in [-0.15, -0.1) is 0 Å². The Morgan fingerprint density at radius 1 is 1.10 bits per heavy atom. The first kappa shape index (κ1) is 20.7. The van der Waals surface area contributed by atoms with E-state index < -0.39 is 0 Å². The Morgan fingerprint density at radius 3 is 2.74 bits per heavy atom. The minimum Gasteiger partial charge on any atom is -0.483 e. The molecule has 0 saturated carbocycles. The van der Waals surface area contributed by atoms with Crippen LogP contribution in [0.15, 0.2) is 71.1 Å². The van der Waals surface area contributed by atoms with Gasteiger partial charge >= 0.3 is 0 Å². The summed E-state index contributed by atoms with van der Waals surface area (Å²) in [5.74, 6) is 1.49. The third kappa shape index (κ3) is 4.77. The lowest BCUT2D eigenvalue weighted by molar-refractivity contribution is -0.118. The van der Waals surface area contributed by atoms with Crippen molar-refractivity contribution in [3.63, 3.8) is 0 Å². The van der Waals surface area contributed by atoms with Gasteiger partial charge in [0.2, 0.25) is 5.89 Å². The Morgan fingerprint density at radius 2 is 1.94 bits per heavy atom. The second-order valence-electron chi connectivity index (χ2n) is 7.74. The van der Waals surface area contributed by atoms with Gasteiger partial charge in [0.1, 0.15) is 11.3 Å². The van der Waals surface area contributed by atoms with E-state index in [-0.39, 0.29) is 12.5 Å². The molecule has 0 bridgehead atoms. The summed E-state index contributed by atoms with van der Waals surface area (Å²) in [6.07, 6.45) is 1.07. The molecule has 0 saturated heterocycles. The van der Waals surface area contributed by atoms with Crippen LogP contribution >= 0.6 is 0 Å². The number of hydrogen-bond acceptors (Lipinski definition) is 4. The van der Waals surface area contributed by atoms with Gasteiger partial charge in [-0.3, -0.25) is 4.79 Å². The summed E-state index contributed by atoms with van der Waals surface area (Å²) in [5.41, 5.74) is 5.31. The van der Waals surface area contributed by atoms with Crippen molar-refractivity contribution in [2.75, 3.05) is 11.9 Å². The highest BCUT2D eigenvalue weighted by Gasteiger charge is 2.12. The van der Waals surface area contributed by atoms with Crippen LogP contribution in [0.2, 0.25) is 0 Å². The topological polar surface area (TPSA) is 64.4 Å². The molecule has 0 unspecified atom stereocenters. The fourth-order valence-corrected chi connectivity index (χ4v) is 3.40. The first-order chi connectivity index (χ1) is 15.0. The number of aryl methyl sites for hydroxylation is 1. The van der Waals surface area contributed by atoms with Gasteiger partial charge in [-0.05, 0) is 66.8 Å². The van der Waals surface area contributed by atoms with Gasteiger partial charge in [-0.1, -0.05) is 44.2 Å². The maximum atomic E-state index is 12.3. The number of ether oxygens (including phenoxy) is 1. The molecule has 4 rings (SSSR count). The molecule has 3 aromatic carbocycles. The number of carbonyl (C=O) groups is 1. The molecule has 0 aliphatic carbocycles. The number of amides is 1. The molecule has 158 valence electrons. The number of fused-ring (bicyclic) bond motifs is 1. The summed E-state index contributed by atoms with van der Waals surface area (Å²) in [7, 11) is 0. The highest BCUT2D eigenvalue weighted by atomic mass is 16.5. The van der Waals surface area contributed by atoms with Crippen molar-refractivity contribution in [1.82, 2.24) is 4.98 Å². The summed E-state index contributed by atoms with van der Waals surface area (Å²) in [4.78, 5) is 17.0. The molecule has 1 N–H and O–H groups in total. The number of para-hydroxylation sites is 1. The maximum absolute atomic E-state index is 12.3. The predicted octanol–water partition coefficient (Wildman–Crippen LogP) is 6.33. The van der Waals surface area contributed by atoms with E-state index in [9.17, 15) is 4.79 Å². The third-order valence-electron chi connectivity index (χ3n) is 5.44. The second-order valence-corrected chi connectivity index (χ2v) is 7.74. The van der Waals surface area contributed by atoms with Crippen molar-refractivity contribution in [2.45, 2.75) is 33.1 Å². The van der Waals surface area contributed by atoms with Crippen molar-refractivity contribution in [3.8, 4) is 17.2 Å². The average molecular weight is 415 g/mol. The van der Waals surface area contributed by atoms with Crippen LogP contribution in [0.4, 0.5) is 5.69 Å². The van der Waals surface area contributed by atoms with Crippen molar-refractivity contribution in [2.24, 2.45) is 0 Å². The van der Waals surface area contributed by atoms with E-state index in [0.717, 1.165) is 28.6 Å². The van der Waals surface area contributed by atoms with Crippen LogP contribution in [-0.2, 0) is 4.79 Å². The normalized spacial score (nSPS) is 12.0. The summed E-state index contributed by atoms with van der Waals surface area (Å²) < 4.78 is 11.6. The molecule has 0 radical (unpaired) electrons. The molecule has 4 aromatic rings. The third-order valence-corrected chi connectivity index (χ3v) is 5.44. The first-order valence-electron chi connectivity index (χ1n) is 10.5. The number of benzene rings is 3. The van der Waals surface area contributed by atoms with E-state index in [1.165, 1.54) is 5.56 Å². The van der Waals surface area contributed by atoms with Crippen LogP contribution in [0.1, 0.15) is 37.3 Å². The minimum atomic E-state index is -0.226. The van der Waals surface area contributed by atoms with Crippen molar-refractivity contribution in [3.05, 3.63) is 77.9 Å². The Kier molecular flexibility index (Phi) is 6.03. The summed E-state index contributed by atoms with van der Waals surface area (Å²) >= 11 is 0. The fourth-order valence-electron chi connectivity index (χ4n) is 3.40. The molecular weight excluding hydrogens is 388 g/mol. The van der Waals surface area contributed by atoms with Gasteiger partial charge in [0, 0.05) is 11.3 Å². The van der Waals surface area contributed by atoms with Crippen LogP contribution in [-0.4, -0.2) is 17.5 Å². The van der Waals surface area contributed by atoms with Crippen LogP contribution in [0.3, 0.4) is 0 Å². The quantitative estimate of drug-likeness (QED) is 0.383. The van der Waals surface area contributed by atoms with Gasteiger partial charge in [-0.25, -0.2) is 4.98 Å². The van der Waals surface area contributed by atoms with Gasteiger partial charge in [0.15, 0.2) is 12.2 Å². The molecule has 31 heavy (non-hydrogen) atoms. The zero-order chi connectivity index (χ0) is 21.8. The van der Waals surface area contributed by atoms with E-state index in [1.54, 1.807) is 0 Å². The van der Waals surface area contributed by atoms with Gasteiger partial charge in [-0.2, -0.15) is 0 Å².